The molecule has 0 amide bonds. The number of hydrogen-bond acceptors (Lipinski definition) is 7. The minimum atomic E-state index is -1.56. The van der Waals surface area contributed by atoms with Crippen LogP contribution in [0.2, 0.25) is 0 Å². The highest BCUT2D eigenvalue weighted by molar-refractivity contribution is 6.05. The Labute approximate surface area is 131 Å². The normalized spacial score (nSPS) is 19.8. The number of ether oxygens (including phenoxy) is 2. The first-order chi connectivity index (χ1) is 10.9. The number of hydrogen-bond donors (Lipinski definition) is 4. The van der Waals surface area contributed by atoms with Crippen LogP contribution in [0, 0.1) is 0 Å². The molecule has 0 unspecified atom stereocenters. The molecule has 1 aliphatic heterocycles. The summed E-state index contributed by atoms with van der Waals surface area (Å²) in [4.78, 5) is 12.3. The van der Waals surface area contributed by atoms with Crippen molar-refractivity contribution in [3.05, 3.63) is 41.5 Å². The monoisotopic (exact) mass is 318 g/mol. The molecule has 4 N–H and O–H groups in total. The summed E-state index contributed by atoms with van der Waals surface area (Å²) in [5.74, 6) is -1.46. The van der Waals surface area contributed by atoms with Crippen molar-refractivity contribution in [2.75, 3.05) is 7.11 Å². The summed E-state index contributed by atoms with van der Waals surface area (Å²) in [6.07, 6.45) is -2.65. The molecule has 0 radical (unpaired) electrons. The van der Waals surface area contributed by atoms with Crippen LogP contribution in [0.4, 0.5) is 0 Å². The van der Waals surface area contributed by atoms with Crippen LogP contribution in [0.25, 0.3) is 0 Å². The van der Waals surface area contributed by atoms with E-state index in [4.69, 9.17) is 9.47 Å². The maximum absolute atomic E-state index is 12.3. The molecule has 0 fully saturated rings. The number of phenolic OH excluding ortho intramolecular Hbond substituents is 3. The first kappa shape index (κ1) is 15.0. The van der Waals surface area contributed by atoms with Gasteiger partial charge in [-0.25, -0.2) is 0 Å². The van der Waals surface area contributed by atoms with Crippen molar-refractivity contribution in [2.24, 2.45) is 0 Å². The highest BCUT2D eigenvalue weighted by atomic mass is 16.5. The number of methoxy groups -OCH3 is 1. The maximum atomic E-state index is 12.3. The van der Waals surface area contributed by atoms with Crippen LogP contribution in [-0.4, -0.2) is 39.4 Å². The second-order valence-corrected chi connectivity index (χ2v) is 5.12. The second kappa shape index (κ2) is 5.36. The number of carbonyl (C=O) groups excluding carboxylic acids is 1. The van der Waals surface area contributed by atoms with Gasteiger partial charge in [0.25, 0.3) is 0 Å². The van der Waals surface area contributed by atoms with E-state index in [2.05, 4.69) is 0 Å². The summed E-state index contributed by atoms with van der Waals surface area (Å²) in [7, 11) is 1.39. The summed E-state index contributed by atoms with van der Waals surface area (Å²) in [5.41, 5.74) is 0.155. The van der Waals surface area contributed by atoms with E-state index in [0.29, 0.717) is 5.56 Å². The van der Waals surface area contributed by atoms with Crippen LogP contribution in [0.3, 0.4) is 0 Å². The highest BCUT2D eigenvalue weighted by Gasteiger charge is 2.39. The van der Waals surface area contributed by atoms with E-state index in [0.717, 1.165) is 6.07 Å². The number of aliphatic hydroxyl groups excluding tert-OH is 1. The van der Waals surface area contributed by atoms with Crippen molar-refractivity contribution in [2.45, 2.75) is 12.2 Å². The second-order valence-electron chi connectivity index (χ2n) is 5.12. The van der Waals surface area contributed by atoms with Crippen LogP contribution >= 0.6 is 0 Å². The lowest BCUT2D eigenvalue weighted by molar-refractivity contribution is 0.0210. The van der Waals surface area contributed by atoms with Crippen molar-refractivity contribution in [1.82, 2.24) is 0 Å². The van der Waals surface area contributed by atoms with Crippen LogP contribution in [0.1, 0.15) is 22.0 Å². The van der Waals surface area contributed by atoms with Gasteiger partial charge < -0.3 is 29.9 Å². The average Bonchev–Trinajstić information content (AvgIpc) is 2.50. The van der Waals surface area contributed by atoms with E-state index in [-0.39, 0.29) is 28.6 Å². The number of carbonyl (C=O) groups is 1. The number of rotatable bonds is 2. The molecule has 0 aliphatic carbocycles. The zero-order valence-corrected chi connectivity index (χ0v) is 12.1. The van der Waals surface area contributed by atoms with Gasteiger partial charge in [-0.05, 0) is 17.7 Å². The molecule has 2 atom stereocenters. The predicted molar refractivity (Wildman–Crippen MR) is 78.1 cm³/mol. The summed E-state index contributed by atoms with van der Waals surface area (Å²) >= 11 is 0. The average molecular weight is 318 g/mol. The lowest BCUT2D eigenvalue weighted by Crippen LogP contribution is -2.36. The standard InChI is InChI=1S/C16H14O7/c1-22-11-3-2-7(4-9(11)18)16-15(21)14(20)13-10(19)5-8(17)6-12(13)23-16/h2-6,15-19,21H,1H3/t15-,16-/m0/s1. The number of phenols is 3. The quantitative estimate of drug-likeness (QED) is 0.663. The Balaban J connectivity index is 2.05. The van der Waals surface area contributed by atoms with E-state index >= 15 is 0 Å². The Kier molecular flexibility index (Phi) is 3.49. The third-order valence-electron chi connectivity index (χ3n) is 3.65. The topological polar surface area (TPSA) is 116 Å². The predicted octanol–water partition coefficient (Wildman–Crippen LogP) is 1.49. The van der Waals surface area contributed by atoms with Gasteiger partial charge in [-0.3, -0.25) is 4.79 Å². The van der Waals surface area contributed by atoms with Gasteiger partial charge in [-0.1, -0.05) is 6.07 Å². The van der Waals surface area contributed by atoms with E-state index in [1.807, 2.05) is 0 Å². The van der Waals surface area contributed by atoms with Crippen LogP contribution in [-0.2, 0) is 0 Å². The van der Waals surface area contributed by atoms with Crippen molar-refractivity contribution >= 4 is 5.78 Å². The Hall–Kier alpha value is -2.93. The van der Waals surface area contributed by atoms with Crippen LogP contribution in [0.5, 0.6) is 28.7 Å². The summed E-state index contributed by atoms with van der Waals surface area (Å²) in [6.45, 7) is 0. The molecule has 7 nitrogen and oxygen atoms in total. The molecule has 1 aliphatic rings. The molecular formula is C16H14O7. The van der Waals surface area contributed by atoms with E-state index in [9.17, 15) is 25.2 Å². The number of aliphatic hydroxyl groups is 1. The fraction of sp³-hybridized carbons (Fsp3) is 0.188. The molecule has 23 heavy (non-hydrogen) atoms. The summed E-state index contributed by atoms with van der Waals surface area (Å²) in [6, 6.07) is 6.49. The number of aromatic hydroxyl groups is 3. The number of fused-ring (bicyclic) bond motifs is 1. The largest absolute Gasteiger partial charge is 0.508 e. The summed E-state index contributed by atoms with van der Waals surface area (Å²) in [5, 5.41) is 39.3. The van der Waals surface area contributed by atoms with Gasteiger partial charge in [-0.15, -0.1) is 0 Å². The lowest BCUT2D eigenvalue weighted by Gasteiger charge is -2.30. The van der Waals surface area contributed by atoms with E-state index in [1.54, 1.807) is 0 Å². The zero-order chi connectivity index (χ0) is 16.7. The molecule has 2 aromatic rings. The molecule has 0 aromatic heterocycles. The Bertz CT molecular complexity index is 784. The van der Waals surface area contributed by atoms with Gasteiger partial charge in [0.15, 0.2) is 23.7 Å². The smallest absolute Gasteiger partial charge is 0.202 e. The zero-order valence-electron chi connectivity index (χ0n) is 12.1. The fourth-order valence-electron chi connectivity index (χ4n) is 2.55. The Morgan fingerprint density at radius 3 is 2.48 bits per heavy atom. The van der Waals surface area contributed by atoms with E-state index in [1.165, 1.54) is 31.4 Å². The Morgan fingerprint density at radius 2 is 1.83 bits per heavy atom. The van der Waals surface area contributed by atoms with Crippen molar-refractivity contribution in [1.29, 1.82) is 0 Å². The molecular weight excluding hydrogens is 304 g/mol. The first-order valence-corrected chi connectivity index (χ1v) is 6.74. The molecule has 7 heteroatoms. The molecule has 120 valence electrons. The fourth-order valence-corrected chi connectivity index (χ4v) is 2.55. The molecule has 0 spiro atoms. The van der Waals surface area contributed by atoms with Crippen molar-refractivity contribution < 1.29 is 34.7 Å². The van der Waals surface area contributed by atoms with Gasteiger partial charge in [0.2, 0.25) is 5.78 Å². The Morgan fingerprint density at radius 1 is 1.09 bits per heavy atom. The third-order valence-corrected chi connectivity index (χ3v) is 3.65. The van der Waals surface area contributed by atoms with E-state index < -0.39 is 23.7 Å². The number of benzene rings is 2. The summed E-state index contributed by atoms with van der Waals surface area (Å²) < 4.78 is 10.5. The van der Waals surface area contributed by atoms with Gasteiger partial charge >= 0.3 is 0 Å². The molecule has 2 aromatic carbocycles. The molecule has 0 saturated carbocycles. The number of Topliss-reactive ketones (excluding diaryl/α,β-unsaturated/α-hetero) is 1. The third kappa shape index (κ3) is 2.40. The number of ketones is 1. The van der Waals surface area contributed by atoms with Crippen LogP contribution in [0.15, 0.2) is 30.3 Å². The van der Waals surface area contributed by atoms with Crippen molar-refractivity contribution in [3.8, 4) is 28.7 Å². The minimum Gasteiger partial charge on any atom is -0.508 e. The lowest BCUT2D eigenvalue weighted by atomic mass is 9.92. The first-order valence-electron chi connectivity index (χ1n) is 6.74. The van der Waals surface area contributed by atoms with Crippen molar-refractivity contribution in [3.63, 3.8) is 0 Å². The molecule has 0 saturated heterocycles. The molecule has 3 rings (SSSR count). The van der Waals surface area contributed by atoms with Crippen LogP contribution < -0.4 is 9.47 Å². The van der Waals surface area contributed by atoms with Gasteiger partial charge in [0.05, 0.1) is 7.11 Å². The van der Waals surface area contributed by atoms with Gasteiger partial charge in [0.1, 0.15) is 22.8 Å². The highest BCUT2D eigenvalue weighted by Crippen LogP contribution is 2.42. The van der Waals surface area contributed by atoms with Gasteiger partial charge in [-0.2, -0.15) is 0 Å². The molecule has 0 bridgehead atoms. The van der Waals surface area contributed by atoms with Gasteiger partial charge in [0, 0.05) is 12.1 Å². The SMILES string of the molecule is COc1ccc([C@@H]2Oc3cc(O)cc(O)c3C(=O)[C@@H]2O)cc1O. The maximum Gasteiger partial charge on any atom is 0.202 e. The minimum absolute atomic E-state index is 0.0434. The molecule has 1 heterocycles.